The molecule has 1 unspecified atom stereocenters. The molecule has 0 spiro atoms. The first kappa shape index (κ1) is 14.3. The van der Waals surface area contributed by atoms with Gasteiger partial charge in [-0.1, -0.05) is 19.8 Å². The van der Waals surface area contributed by atoms with Gasteiger partial charge in [-0.25, -0.2) is 0 Å². The van der Waals surface area contributed by atoms with Crippen molar-refractivity contribution in [3.63, 3.8) is 0 Å². The molecule has 0 aromatic carbocycles. The van der Waals surface area contributed by atoms with Crippen LogP contribution in [0.2, 0.25) is 0 Å². The van der Waals surface area contributed by atoms with Crippen molar-refractivity contribution in [2.24, 2.45) is 11.8 Å². The molecule has 1 heterocycles. The van der Waals surface area contributed by atoms with E-state index in [1.807, 2.05) is 0 Å². The molecule has 0 aromatic rings. The predicted molar refractivity (Wildman–Crippen MR) is 78.9 cm³/mol. The van der Waals surface area contributed by atoms with E-state index in [0.29, 0.717) is 0 Å². The van der Waals surface area contributed by atoms with E-state index >= 15 is 0 Å². The van der Waals surface area contributed by atoms with Crippen molar-refractivity contribution in [1.82, 2.24) is 10.2 Å². The second-order valence-corrected chi connectivity index (χ2v) is 6.52. The number of rotatable bonds is 5. The standard InChI is InChI=1S/C16H32N2/c1-3-5-14-7-9-16(10-8-14)18-11-4-6-15(13-18)12-17-2/h14-17H,3-13H2,1-2H3. The van der Waals surface area contributed by atoms with Crippen molar-refractivity contribution >= 4 is 0 Å². The van der Waals surface area contributed by atoms with Crippen LogP contribution in [-0.4, -0.2) is 37.6 Å². The lowest BCUT2D eigenvalue weighted by molar-refractivity contribution is 0.0859. The van der Waals surface area contributed by atoms with E-state index in [0.717, 1.165) is 17.9 Å². The van der Waals surface area contributed by atoms with Crippen LogP contribution in [0, 0.1) is 11.8 Å². The van der Waals surface area contributed by atoms with Crippen LogP contribution in [0.15, 0.2) is 0 Å². The number of piperidine rings is 1. The predicted octanol–water partition coefficient (Wildman–Crippen LogP) is 3.28. The Labute approximate surface area is 114 Å². The third-order valence-corrected chi connectivity index (χ3v) is 5.07. The minimum atomic E-state index is 0.900. The van der Waals surface area contributed by atoms with Gasteiger partial charge in [-0.3, -0.25) is 0 Å². The number of hydrogen-bond donors (Lipinski definition) is 1. The van der Waals surface area contributed by atoms with E-state index in [9.17, 15) is 0 Å². The van der Waals surface area contributed by atoms with Gasteiger partial charge in [0.2, 0.25) is 0 Å². The van der Waals surface area contributed by atoms with E-state index < -0.39 is 0 Å². The molecule has 2 aliphatic rings. The first-order chi connectivity index (χ1) is 8.83. The topological polar surface area (TPSA) is 15.3 Å². The molecule has 1 N–H and O–H groups in total. The molecule has 18 heavy (non-hydrogen) atoms. The van der Waals surface area contributed by atoms with Crippen LogP contribution in [-0.2, 0) is 0 Å². The molecule has 1 saturated heterocycles. The monoisotopic (exact) mass is 252 g/mol. The van der Waals surface area contributed by atoms with Gasteiger partial charge < -0.3 is 10.2 Å². The maximum atomic E-state index is 3.36. The van der Waals surface area contributed by atoms with Crippen LogP contribution in [0.3, 0.4) is 0 Å². The zero-order valence-electron chi connectivity index (χ0n) is 12.5. The highest BCUT2D eigenvalue weighted by molar-refractivity contribution is 4.84. The molecule has 2 fully saturated rings. The Morgan fingerprint density at radius 2 is 1.83 bits per heavy atom. The number of likely N-dealkylation sites (tertiary alicyclic amines) is 1. The number of nitrogens with one attached hydrogen (secondary N) is 1. The van der Waals surface area contributed by atoms with Gasteiger partial charge in [0.15, 0.2) is 0 Å². The number of nitrogens with zero attached hydrogens (tertiary/aromatic N) is 1. The fourth-order valence-electron chi connectivity index (χ4n) is 4.09. The lowest BCUT2D eigenvalue weighted by Crippen LogP contribution is -2.46. The highest BCUT2D eigenvalue weighted by Crippen LogP contribution is 2.32. The molecular weight excluding hydrogens is 220 g/mol. The van der Waals surface area contributed by atoms with Gasteiger partial charge in [0.25, 0.3) is 0 Å². The van der Waals surface area contributed by atoms with Crippen LogP contribution in [0.4, 0.5) is 0 Å². The molecule has 0 aromatic heterocycles. The molecule has 1 aliphatic heterocycles. The summed E-state index contributed by atoms with van der Waals surface area (Å²) in [5.41, 5.74) is 0. The maximum Gasteiger partial charge on any atom is 0.00955 e. The van der Waals surface area contributed by atoms with Crippen molar-refractivity contribution in [3.8, 4) is 0 Å². The highest BCUT2D eigenvalue weighted by atomic mass is 15.2. The summed E-state index contributed by atoms with van der Waals surface area (Å²) < 4.78 is 0. The molecule has 0 bridgehead atoms. The summed E-state index contributed by atoms with van der Waals surface area (Å²) in [5.74, 6) is 1.95. The largest absolute Gasteiger partial charge is 0.319 e. The summed E-state index contributed by atoms with van der Waals surface area (Å²) in [6.45, 7) is 6.26. The van der Waals surface area contributed by atoms with Gasteiger partial charge in [0, 0.05) is 12.6 Å². The van der Waals surface area contributed by atoms with Crippen LogP contribution in [0.25, 0.3) is 0 Å². The van der Waals surface area contributed by atoms with E-state index in [1.54, 1.807) is 0 Å². The Hall–Kier alpha value is -0.0800. The summed E-state index contributed by atoms with van der Waals surface area (Å²) in [4.78, 5) is 2.81. The lowest BCUT2D eigenvalue weighted by atomic mass is 9.82. The van der Waals surface area contributed by atoms with Gasteiger partial charge in [0.1, 0.15) is 0 Å². The molecular formula is C16H32N2. The second-order valence-electron chi connectivity index (χ2n) is 6.52. The van der Waals surface area contributed by atoms with Crippen LogP contribution in [0.1, 0.15) is 58.3 Å². The summed E-state index contributed by atoms with van der Waals surface area (Å²) in [7, 11) is 2.09. The Morgan fingerprint density at radius 3 is 2.50 bits per heavy atom. The van der Waals surface area contributed by atoms with E-state index in [2.05, 4.69) is 24.2 Å². The molecule has 0 amide bonds. The van der Waals surface area contributed by atoms with Crippen molar-refractivity contribution in [2.45, 2.75) is 64.3 Å². The van der Waals surface area contributed by atoms with Gasteiger partial charge >= 0.3 is 0 Å². The SMILES string of the molecule is CCCC1CCC(N2CCCC(CNC)C2)CC1. The molecule has 1 saturated carbocycles. The smallest absolute Gasteiger partial charge is 0.00955 e. The fraction of sp³-hybridized carbons (Fsp3) is 1.00. The quantitative estimate of drug-likeness (QED) is 0.808. The van der Waals surface area contributed by atoms with Gasteiger partial charge in [-0.15, -0.1) is 0 Å². The van der Waals surface area contributed by atoms with Crippen LogP contribution < -0.4 is 5.32 Å². The Kier molecular flexibility index (Phi) is 5.97. The Balaban J connectivity index is 1.75. The second kappa shape index (κ2) is 7.49. The van der Waals surface area contributed by atoms with E-state index in [4.69, 9.17) is 0 Å². The molecule has 1 atom stereocenters. The van der Waals surface area contributed by atoms with Gasteiger partial charge in [-0.05, 0) is 70.5 Å². The summed E-state index contributed by atoms with van der Waals surface area (Å²) in [6, 6.07) is 0.915. The molecule has 0 radical (unpaired) electrons. The maximum absolute atomic E-state index is 3.36. The average Bonchev–Trinajstić information content (AvgIpc) is 2.41. The third-order valence-electron chi connectivity index (χ3n) is 5.07. The van der Waals surface area contributed by atoms with Gasteiger partial charge in [0.05, 0.1) is 0 Å². The van der Waals surface area contributed by atoms with Crippen molar-refractivity contribution in [1.29, 1.82) is 0 Å². The highest BCUT2D eigenvalue weighted by Gasteiger charge is 2.28. The summed E-state index contributed by atoms with van der Waals surface area (Å²) >= 11 is 0. The van der Waals surface area contributed by atoms with Crippen molar-refractivity contribution < 1.29 is 0 Å². The first-order valence-electron chi connectivity index (χ1n) is 8.22. The van der Waals surface area contributed by atoms with E-state index in [1.165, 1.54) is 71.0 Å². The minimum Gasteiger partial charge on any atom is -0.319 e. The third kappa shape index (κ3) is 3.96. The first-order valence-corrected chi connectivity index (χ1v) is 8.22. The Morgan fingerprint density at radius 1 is 1.06 bits per heavy atom. The normalized spacial score (nSPS) is 34.7. The summed E-state index contributed by atoms with van der Waals surface area (Å²) in [5, 5.41) is 3.36. The van der Waals surface area contributed by atoms with Crippen LogP contribution in [0.5, 0.6) is 0 Å². The van der Waals surface area contributed by atoms with Crippen molar-refractivity contribution in [2.75, 3.05) is 26.7 Å². The molecule has 2 heteroatoms. The lowest BCUT2D eigenvalue weighted by Gasteiger charge is -2.41. The average molecular weight is 252 g/mol. The molecule has 106 valence electrons. The Bertz CT molecular complexity index is 219. The molecule has 2 rings (SSSR count). The molecule has 2 nitrogen and oxygen atoms in total. The number of hydrogen-bond acceptors (Lipinski definition) is 2. The van der Waals surface area contributed by atoms with E-state index in [-0.39, 0.29) is 0 Å². The fourth-order valence-corrected chi connectivity index (χ4v) is 4.09. The van der Waals surface area contributed by atoms with Crippen LogP contribution >= 0.6 is 0 Å². The molecule has 1 aliphatic carbocycles. The zero-order chi connectivity index (χ0) is 12.8. The van der Waals surface area contributed by atoms with Gasteiger partial charge in [-0.2, -0.15) is 0 Å². The zero-order valence-corrected chi connectivity index (χ0v) is 12.5. The summed E-state index contributed by atoms with van der Waals surface area (Å²) in [6.07, 6.45) is 11.6. The van der Waals surface area contributed by atoms with Crippen molar-refractivity contribution in [3.05, 3.63) is 0 Å². The minimum absolute atomic E-state index is 0.900.